The van der Waals surface area contributed by atoms with Crippen LogP contribution in [0.4, 0.5) is 0 Å². The van der Waals surface area contributed by atoms with Gasteiger partial charge in [0, 0.05) is 11.4 Å². The van der Waals surface area contributed by atoms with Crippen molar-refractivity contribution in [3.05, 3.63) is 82.6 Å². The monoisotopic (exact) mass is 430 g/mol. The van der Waals surface area contributed by atoms with E-state index in [-0.39, 0.29) is 23.9 Å². The molecule has 2 aromatic carbocycles. The number of carbonyl (C=O) groups excluding carboxylic acids is 1. The van der Waals surface area contributed by atoms with Crippen LogP contribution >= 0.6 is 11.3 Å². The van der Waals surface area contributed by atoms with Gasteiger partial charge in [-0.2, -0.15) is 4.31 Å². The van der Waals surface area contributed by atoms with Crippen LogP contribution < -0.4 is 10.1 Å². The number of thiophene rings is 1. The van der Waals surface area contributed by atoms with Gasteiger partial charge in [0.05, 0.1) is 25.1 Å². The lowest BCUT2D eigenvalue weighted by Crippen LogP contribution is -2.40. The van der Waals surface area contributed by atoms with Crippen LogP contribution in [0.5, 0.6) is 5.75 Å². The van der Waals surface area contributed by atoms with Gasteiger partial charge in [0.25, 0.3) is 0 Å². The zero-order valence-corrected chi connectivity index (χ0v) is 17.6. The summed E-state index contributed by atoms with van der Waals surface area (Å²) in [6.45, 7) is 0.203. The molecule has 0 aliphatic heterocycles. The van der Waals surface area contributed by atoms with Crippen LogP contribution in [-0.4, -0.2) is 32.3 Å². The van der Waals surface area contributed by atoms with Crippen molar-refractivity contribution in [3.63, 3.8) is 0 Å². The fourth-order valence-corrected chi connectivity index (χ4v) is 4.75. The second-order valence-corrected chi connectivity index (χ2v) is 9.26. The van der Waals surface area contributed by atoms with E-state index in [2.05, 4.69) is 5.32 Å². The highest BCUT2D eigenvalue weighted by Crippen LogP contribution is 2.21. The van der Waals surface area contributed by atoms with Crippen LogP contribution in [0.15, 0.2) is 77.0 Å². The van der Waals surface area contributed by atoms with Crippen LogP contribution in [0.2, 0.25) is 0 Å². The van der Waals surface area contributed by atoms with Gasteiger partial charge in [-0.25, -0.2) is 8.42 Å². The van der Waals surface area contributed by atoms with Gasteiger partial charge in [0.15, 0.2) is 0 Å². The molecule has 0 aliphatic carbocycles. The van der Waals surface area contributed by atoms with Crippen LogP contribution in [0.25, 0.3) is 0 Å². The average molecular weight is 431 g/mol. The van der Waals surface area contributed by atoms with Crippen molar-refractivity contribution in [2.24, 2.45) is 0 Å². The number of sulfonamides is 1. The van der Waals surface area contributed by atoms with Gasteiger partial charge in [0.2, 0.25) is 15.9 Å². The number of benzene rings is 2. The molecule has 1 aromatic heterocycles. The molecule has 0 saturated heterocycles. The number of amides is 1. The summed E-state index contributed by atoms with van der Waals surface area (Å²) in [5, 5.41) is 4.72. The summed E-state index contributed by atoms with van der Waals surface area (Å²) in [6.07, 6.45) is 0. The predicted octanol–water partition coefficient (Wildman–Crippen LogP) is 3.26. The Morgan fingerprint density at radius 3 is 2.38 bits per heavy atom. The summed E-state index contributed by atoms with van der Waals surface area (Å²) in [6, 6.07) is 19.2. The van der Waals surface area contributed by atoms with Gasteiger partial charge >= 0.3 is 0 Å². The Bertz CT molecular complexity index is 1020. The Labute approximate surface area is 174 Å². The molecule has 0 atom stereocenters. The topological polar surface area (TPSA) is 75.7 Å². The van der Waals surface area contributed by atoms with Crippen molar-refractivity contribution in [1.82, 2.24) is 9.62 Å². The Kier molecular flexibility index (Phi) is 7.03. The van der Waals surface area contributed by atoms with E-state index in [0.29, 0.717) is 12.3 Å². The second-order valence-electron chi connectivity index (χ2n) is 6.29. The Hall–Kier alpha value is -2.68. The van der Waals surface area contributed by atoms with Crippen molar-refractivity contribution in [2.45, 2.75) is 18.0 Å². The molecule has 6 nitrogen and oxygen atoms in total. The molecule has 3 rings (SSSR count). The molecular formula is C21H22N2O4S2. The van der Waals surface area contributed by atoms with E-state index in [1.54, 1.807) is 12.1 Å². The van der Waals surface area contributed by atoms with Crippen LogP contribution in [0, 0.1) is 0 Å². The zero-order valence-electron chi connectivity index (χ0n) is 15.9. The lowest BCUT2D eigenvalue weighted by atomic mass is 10.2. The Morgan fingerprint density at radius 1 is 1.03 bits per heavy atom. The lowest BCUT2D eigenvalue weighted by Gasteiger charge is -2.22. The maximum absolute atomic E-state index is 13.2. The smallest absolute Gasteiger partial charge is 0.243 e. The first-order chi connectivity index (χ1) is 14.0. The molecule has 0 spiro atoms. The SMILES string of the molecule is COc1ccc(S(=O)(=O)N(CC(=O)NCc2cccs2)Cc2ccccc2)cc1. The Morgan fingerprint density at radius 2 is 1.76 bits per heavy atom. The van der Waals surface area contributed by atoms with Gasteiger partial charge in [-0.1, -0.05) is 36.4 Å². The Balaban J connectivity index is 1.80. The molecule has 1 heterocycles. The minimum Gasteiger partial charge on any atom is -0.497 e. The largest absolute Gasteiger partial charge is 0.497 e. The summed E-state index contributed by atoms with van der Waals surface area (Å²) < 4.78 is 32.7. The quantitative estimate of drug-likeness (QED) is 0.565. The standard InChI is InChI=1S/C21H22N2O4S2/c1-27-18-9-11-20(12-10-18)29(25,26)23(15-17-6-3-2-4-7-17)16-21(24)22-14-19-8-5-13-28-19/h2-13H,14-16H2,1H3,(H,22,24). The van der Waals surface area contributed by atoms with Crippen LogP contribution in [0.1, 0.15) is 10.4 Å². The molecule has 1 N–H and O–H groups in total. The first kappa shape index (κ1) is 21.0. The van der Waals surface area contributed by atoms with Crippen molar-refractivity contribution in [1.29, 1.82) is 0 Å². The molecule has 0 saturated carbocycles. The first-order valence-corrected chi connectivity index (χ1v) is 11.3. The van der Waals surface area contributed by atoms with Crippen molar-refractivity contribution in [3.8, 4) is 5.75 Å². The van der Waals surface area contributed by atoms with E-state index >= 15 is 0 Å². The van der Waals surface area contributed by atoms with E-state index in [9.17, 15) is 13.2 Å². The maximum atomic E-state index is 13.2. The molecule has 0 aliphatic rings. The maximum Gasteiger partial charge on any atom is 0.243 e. The number of hydrogen-bond acceptors (Lipinski definition) is 5. The molecule has 0 unspecified atom stereocenters. The van der Waals surface area contributed by atoms with E-state index < -0.39 is 10.0 Å². The van der Waals surface area contributed by atoms with Crippen molar-refractivity contribution >= 4 is 27.3 Å². The van der Waals surface area contributed by atoms with E-state index in [1.807, 2.05) is 47.8 Å². The summed E-state index contributed by atoms with van der Waals surface area (Å²) in [7, 11) is -2.35. The molecule has 0 fully saturated rings. The summed E-state index contributed by atoms with van der Waals surface area (Å²) in [5.41, 5.74) is 0.802. The molecule has 8 heteroatoms. The fraction of sp³-hybridized carbons (Fsp3) is 0.190. The van der Waals surface area contributed by atoms with E-state index in [0.717, 1.165) is 10.4 Å². The number of carbonyl (C=O) groups is 1. The van der Waals surface area contributed by atoms with Crippen molar-refractivity contribution in [2.75, 3.05) is 13.7 Å². The van der Waals surface area contributed by atoms with Crippen LogP contribution in [0.3, 0.4) is 0 Å². The molecule has 29 heavy (non-hydrogen) atoms. The second kappa shape index (κ2) is 9.69. The molecular weight excluding hydrogens is 408 g/mol. The average Bonchev–Trinajstić information content (AvgIpc) is 3.26. The summed E-state index contributed by atoms with van der Waals surface area (Å²) in [4.78, 5) is 13.6. The number of rotatable bonds is 9. The number of nitrogens with zero attached hydrogens (tertiary/aromatic N) is 1. The lowest BCUT2D eigenvalue weighted by molar-refractivity contribution is -0.121. The first-order valence-electron chi connectivity index (χ1n) is 8.96. The summed E-state index contributed by atoms with van der Waals surface area (Å²) in [5.74, 6) is 0.207. The number of hydrogen-bond donors (Lipinski definition) is 1. The fourth-order valence-electron chi connectivity index (χ4n) is 2.72. The van der Waals surface area contributed by atoms with Gasteiger partial charge in [0.1, 0.15) is 5.75 Å². The van der Waals surface area contributed by atoms with Crippen molar-refractivity contribution < 1.29 is 17.9 Å². The molecule has 1 amide bonds. The third kappa shape index (κ3) is 5.66. The third-order valence-electron chi connectivity index (χ3n) is 4.26. The van der Waals surface area contributed by atoms with Gasteiger partial charge < -0.3 is 10.1 Å². The number of nitrogens with one attached hydrogen (secondary N) is 1. The van der Waals surface area contributed by atoms with Gasteiger partial charge in [-0.3, -0.25) is 4.79 Å². The minimum absolute atomic E-state index is 0.0988. The normalized spacial score (nSPS) is 11.4. The predicted molar refractivity (Wildman–Crippen MR) is 113 cm³/mol. The molecule has 152 valence electrons. The van der Waals surface area contributed by atoms with Gasteiger partial charge in [-0.15, -0.1) is 11.3 Å². The van der Waals surface area contributed by atoms with E-state index in [4.69, 9.17) is 4.74 Å². The highest BCUT2D eigenvalue weighted by Gasteiger charge is 2.27. The highest BCUT2D eigenvalue weighted by molar-refractivity contribution is 7.89. The minimum atomic E-state index is -3.87. The molecule has 0 bridgehead atoms. The molecule has 0 radical (unpaired) electrons. The zero-order chi connectivity index (χ0) is 20.7. The number of ether oxygens (including phenoxy) is 1. The molecule has 3 aromatic rings. The summed E-state index contributed by atoms with van der Waals surface area (Å²) >= 11 is 1.53. The van der Waals surface area contributed by atoms with Crippen LogP contribution in [-0.2, 0) is 27.9 Å². The number of methoxy groups -OCH3 is 1. The van der Waals surface area contributed by atoms with E-state index in [1.165, 1.54) is 34.9 Å². The van der Waals surface area contributed by atoms with Gasteiger partial charge in [-0.05, 0) is 41.3 Å². The third-order valence-corrected chi connectivity index (χ3v) is 6.94. The highest BCUT2D eigenvalue weighted by atomic mass is 32.2.